The number of esters is 1. The highest BCUT2D eigenvalue weighted by Crippen LogP contribution is 2.22. The zero-order valence-electron chi connectivity index (χ0n) is 16.1. The lowest BCUT2D eigenvalue weighted by Crippen LogP contribution is -2.35. The van der Waals surface area contributed by atoms with Crippen molar-refractivity contribution in [2.24, 2.45) is 0 Å². The number of fused-ring (bicyclic) bond motifs is 1. The third-order valence-electron chi connectivity index (χ3n) is 5.00. The molecule has 4 rings (SSSR count). The van der Waals surface area contributed by atoms with Gasteiger partial charge in [-0.25, -0.2) is 9.78 Å². The van der Waals surface area contributed by atoms with E-state index >= 15 is 0 Å². The van der Waals surface area contributed by atoms with Gasteiger partial charge in [0, 0.05) is 30.5 Å². The lowest BCUT2D eigenvalue weighted by molar-refractivity contribution is 0.0600. The molecule has 0 unspecified atom stereocenters. The summed E-state index contributed by atoms with van der Waals surface area (Å²) in [4.78, 5) is 30.7. The van der Waals surface area contributed by atoms with Crippen molar-refractivity contribution >= 4 is 23.4 Å². The summed E-state index contributed by atoms with van der Waals surface area (Å²) in [5.74, 6) is 0.176. The van der Waals surface area contributed by atoms with Crippen molar-refractivity contribution in [1.29, 1.82) is 0 Å². The maximum atomic E-state index is 13.0. The number of nitrogens with one attached hydrogen (secondary N) is 1. The molecule has 3 aromatic rings. The van der Waals surface area contributed by atoms with Crippen LogP contribution in [0.2, 0.25) is 0 Å². The summed E-state index contributed by atoms with van der Waals surface area (Å²) in [7, 11) is 1.35. The van der Waals surface area contributed by atoms with Gasteiger partial charge in [0.15, 0.2) is 0 Å². The predicted octanol–water partition coefficient (Wildman–Crippen LogP) is 3.81. The lowest BCUT2D eigenvalue weighted by atomic mass is 9.99. The number of aromatic nitrogens is 1. The minimum Gasteiger partial charge on any atom is -0.465 e. The Morgan fingerprint density at radius 3 is 2.52 bits per heavy atom. The van der Waals surface area contributed by atoms with Crippen molar-refractivity contribution in [1.82, 2.24) is 9.88 Å². The third-order valence-corrected chi connectivity index (χ3v) is 5.00. The summed E-state index contributed by atoms with van der Waals surface area (Å²) in [6.45, 7) is 1.32. The zero-order valence-corrected chi connectivity index (χ0v) is 16.1. The van der Waals surface area contributed by atoms with E-state index in [4.69, 9.17) is 4.74 Å². The summed E-state index contributed by atoms with van der Waals surface area (Å²) < 4.78 is 4.70. The molecule has 0 radical (unpaired) electrons. The van der Waals surface area contributed by atoms with E-state index in [-0.39, 0.29) is 11.9 Å². The predicted molar refractivity (Wildman–Crippen MR) is 110 cm³/mol. The van der Waals surface area contributed by atoms with Gasteiger partial charge in [-0.15, -0.1) is 0 Å². The molecule has 0 saturated heterocycles. The highest BCUT2D eigenvalue weighted by Gasteiger charge is 2.21. The molecule has 6 nitrogen and oxygen atoms in total. The first kappa shape index (κ1) is 18.7. The Morgan fingerprint density at radius 1 is 1.00 bits per heavy atom. The minimum atomic E-state index is -0.384. The van der Waals surface area contributed by atoms with Crippen LogP contribution in [0.15, 0.2) is 66.9 Å². The summed E-state index contributed by atoms with van der Waals surface area (Å²) in [5.41, 5.74) is 4.34. The fraction of sp³-hybridized carbons (Fsp3) is 0.174. The Morgan fingerprint density at radius 2 is 1.76 bits per heavy atom. The lowest BCUT2D eigenvalue weighted by Gasteiger charge is -2.29. The van der Waals surface area contributed by atoms with Crippen LogP contribution in [0.3, 0.4) is 0 Å². The smallest absolute Gasteiger partial charge is 0.337 e. The zero-order chi connectivity index (χ0) is 20.2. The standard InChI is InChI=1S/C23H21N3O3/c1-29-23(28)17-6-8-20(9-7-17)25-21-14-18(10-12-24-21)22(27)26-13-11-16-4-2-3-5-19(16)15-26/h2-10,12,14H,11,13,15H2,1H3,(H,24,25). The van der Waals surface area contributed by atoms with E-state index in [0.29, 0.717) is 30.0 Å². The van der Waals surface area contributed by atoms with Crippen LogP contribution < -0.4 is 5.32 Å². The summed E-state index contributed by atoms with van der Waals surface area (Å²) in [5, 5.41) is 3.17. The fourth-order valence-electron chi connectivity index (χ4n) is 3.44. The van der Waals surface area contributed by atoms with E-state index < -0.39 is 0 Å². The number of carbonyl (C=O) groups excluding carboxylic acids is 2. The molecule has 2 aromatic carbocycles. The first-order chi connectivity index (χ1) is 14.1. The summed E-state index contributed by atoms with van der Waals surface area (Å²) in [6.07, 6.45) is 2.49. The van der Waals surface area contributed by atoms with Gasteiger partial charge in [-0.2, -0.15) is 0 Å². The van der Waals surface area contributed by atoms with Gasteiger partial charge in [0.25, 0.3) is 5.91 Å². The average Bonchev–Trinajstić information content (AvgIpc) is 2.78. The largest absolute Gasteiger partial charge is 0.465 e. The van der Waals surface area contributed by atoms with E-state index in [1.165, 1.54) is 18.2 Å². The molecule has 0 atom stereocenters. The van der Waals surface area contributed by atoms with Crippen molar-refractivity contribution < 1.29 is 14.3 Å². The normalized spacial score (nSPS) is 12.8. The van der Waals surface area contributed by atoms with Crippen LogP contribution >= 0.6 is 0 Å². The maximum Gasteiger partial charge on any atom is 0.337 e. The molecule has 0 spiro atoms. The topological polar surface area (TPSA) is 71.5 Å². The second-order valence-corrected chi connectivity index (χ2v) is 6.87. The molecule has 0 fully saturated rings. The molecule has 1 aliphatic heterocycles. The number of nitrogens with zero attached hydrogens (tertiary/aromatic N) is 2. The third kappa shape index (κ3) is 4.11. The minimum absolute atomic E-state index is 0.00834. The molecule has 146 valence electrons. The van der Waals surface area contributed by atoms with E-state index in [1.54, 1.807) is 42.6 Å². The van der Waals surface area contributed by atoms with E-state index in [1.807, 2.05) is 17.0 Å². The van der Waals surface area contributed by atoms with Gasteiger partial charge < -0.3 is 15.0 Å². The molecule has 0 saturated carbocycles. The van der Waals surface area contributed by atoms with Gasteiger partial charge in [0.2, 0.25) is 0 Å². The highest BCUT2D eigenvalue weighted by atomic mass is 16.5. The van der Waals surface area contributed by atoms with Crippen LogP contribution in [0, 0.1) is 0 Å². The van der Waals surface area contributed by atoms with Crippen LogP contribution in [0.25, 0.3) is 0 Å². The second-order valence-electron chi connectivity index (χ2n) is 6.87. The van der Waals surface area contributed by atoms with Crippen molar-refractivity contribution in [2.75, 3.05) is 19.0 Å². The number of carbonyl (C=O) groups is 2. The summed E-state index contributed by atoms with van der Waals surface area (Å²) in [6, 6.07) is 18.6. The van der Waals surface area contributed by atoms with Crippen LogP contribution in [-0.4, -0.2) is 35.4 Å². The molecule has 0 bridgehead atoms. The number of amides is 1. The molecule has 1 aliphatic rings. The van der Waals surface area contributed by atoms with E-state index in [0.717, 1.165) is 12.1 Å². The number of hydrogen-bond acceptors (Lipinski definition) is 5. The van der Waals surface area contributed by atoms with Crippen LogP contribution in [0.5, 0.6) is 0 Å². The molecule has 1 aromatic heterocycles. The molecule has 1 N–H and O–H groups in total. The Hall–Kier alpha value is -3.67. The molecular formula is C23H21N3O3. The Bertz CT molecular complexity index is 1050. The quantitative estimate of drug-likeness (QED) is 0.690. The van der Waals surface area contributed by atoms with Gasteiger partial charge in [0.1, 0.15) is 5.82 Å². The van der Waals surface area contributed by atoms with Gasteiger partial charge in [-0.3, -0.25) is 4.79 Å². The highest BCUT2D eigenvalue weighted by molar-refractivity contribution is 5.95. The molecule has 6 heteroatoms. The fourth-order valence-corrected chi connectivity index (χ4v) is 3.44. The Kier molecular flexibility index (Phi) is 5.24. The molecular weight excluding hydrogens is 366 g/mol. The first-order valence-electron chi connectivity index (χ1n) is 9.41. The van der Waals surface area contributed by atoms with Crippen molar-refractivity contribution in [2.45, 2.75) is 13.0 Å². The van der Waals surface area contributed by atoms with E-state index in [9.17, 15) is 9.59 Å². The molecule has 0 aliphatic carbocycles. The maximum absolute atomic E-state index is 13.0. The number of benzene rings is 2. The van der Waals surface area contributed by atoms with Gasteiger partial charge in [-0.1, -0.05) is 24.3 Å². The summed E-state index contributed by atoms with van der Waals surface area (Å²) >= 11 is 0. The van der Waals surface area contributed by atoms with Crippen LogP contribution in [-0.2, 0) is 17.7 Å². The first-order valence-corrected chi connectivity index (χ1v) is 9.41. The van der Waals surface area contributed by atoms with Gasteiger partial charge in [0.05, 0.1) is 12.7 Å². The van der Waals surface area contributed by atoms with Gasteiger partial charge >= 0.3 is 5.97 Å². The molecule has 2 heterocycles. The van der Waals surface area contributed by atoms with Crippen LogP contribution in [0.4, 0.5) is 11.5 Å². The van der Waals surface area contributed by atoms with Crippen LogP contribution in [0.1, 0.15) is 31.8 Å². The number of hydrogen-bond donors (Lipinski definition) is 1. The SMILES string of the molecule is COC(=O)c1ccc(Nc2cc(C(=O)N3CCc4ccccc4C3)ccn2)cc1. The average molecular weight is 387 g/mol. The monoisotopic (exact) mass is 387 g/mol. The number of pyridine rings is 1. The number of methoxy groups -OCH3 is 1. The Labute approximate surface area is 169 Å². The van der Waals surface area contributed by atoms with Crippen molar-refractivity contribution in [3.05, 3.63) is 89.1 Å². The number of anilines is 2. The Balaban J connectivity index is 1.47. The molecule has 29 heavy (non-hydrogen) atoms. The van der Waals surface area contributed by atoms with Gasteiger partial charge in [-0.05, 0) is 53.9 Å². The van der Waals surface area contributed by atoms with Crippen molar-refractivity contribution in [3.63, 3.8) is 0 Å². The van der Waals surface area contributed by atoms with Crippen molar-refractivity contribution in [3.8, 4) is 0 Å². The number of ether oxygens (including phenoxy) is 1. The number of rotatable bonds is 4. The molecule has 1 amide bonds. The van der Waals surface area contributed by atoms with E-state index in [2.05, 4.69) is 22.4 Å². The second kappa shape index (κ2) is 8.14.